The topological polar surface area (TPSA) is 35.5 Å². The van der Waals surface area contributed by atoms with E-state index in [9.17, 15) is 9.50 Å². The SMILES string of the molecule is CCCNC(c1ccccc1F)C(C)CN(C)CC(C)O. The van der Waals surface area contributed by atoms with Crippen molar-refractivity contribution in [1.29, 1.82) is 0 Å². The Bertz CT molecular complexity index is 412. The molecule has 0 saturated heterocycles. The molecule has 0 bridgehead atoms. The third kappa shape index (κ3) is 6.12. The lowest BCUT2D eigenvalue weighted by molar-refractivity contribution is 0.128. The van der Waals surface area contributed by atoms with Crippen LogP contribution in [0.1, 0.15) is 38.8 Å². The fourth-order valence-electron chi connectivity index (χ4n) is 2.77. The Morgan fingerprint density at radius 1 is 1.24 bits per heavy atom. The number of aliphatic hydroxyl groups is 1. The van der Waals surface area contributed by atoms with Crippen LogP contribution in [0.15, 0.2) is 24.3 Å². The fourth-order valence-corrected chi connectivity index (χ4v) is 2.77. The summed E-state index contributed by atoms with van der Waals surface area (Å²) >= 11 is 0. The lowest BCUT2D eigenvalue weighted by atomic mass is 9.93. The van der Waals surface area contributed by atoms with Crippen LogP contribution in [0, 0.1) is 11.7 Å². The molecule has 0 aromatic heterocycles. The lowest BCUT2D eigenvalue weighted by Gasteiger charge is -2.30. The molecule has 0 fully saturated rings. The summed E-state index contributed by atoms with van der Waals surface area (Å²) in [5, 5.41) is 12.9. The van der Waals surface area contributed by atoms with Crippen molar-refractivity contribution in [3.05, 3.63) is 35.6 Å². The van der Waals surface area contributed by atoms with Gasteiger partial charge in [-0.05, 0) is 38.9 Å². The van der Waals surface area contributed by atoms with Gasteiger partial charge >= 0.3 is 0 Å². The van der Waals surface area contributed by atoms with Crippen LogP contribution in [-0.4, -0.2) is 42.8 Å². The molecule has 0 spiro atoms. The molecule has 0 radical (unpaired) electrons. The molecule has 21 heavy (non-hydrogen) atoms. The average molecular weight is 296 g/mol. The van der Waals surface area contributed by atoms with Gasteiger partial charge in [-0.2, -0.15) is 0 Å². The van der Waals surface area contributed by atoms with Crippen molar-refractivity contribution in [2.45, 2.75) is 39.3 Å². The van der Waals surface area contributed by atoms with Gasteiger partial charge in [0.05, 0.1) is 6.10 Å². The van der Waals surface area contributed by atoms with Crippen LogP contribution < -0.4 is 5.32 Å². The number of nitrogens with one attached hydrogen (secondary N) is 1. The number of hydrogen-bond acceptors (Lipinski definition) is 3. The van der Waals surface area contributed by atoms with Crippen LogP contribution in [0.4, 0.5) is 4.39 Å². The summed E-state index contributed by atoms with van der Waals surface area (Å²) < 4.78 is 14.1. The highest BCUT2D eigenvalue weighted by molar-refractivity contribution is 5.22. The van der Waals surface area contributed by atoms with E-state index >= 15 is 0 Å². The van der Waals surface area contributed by atoms with Crippen LogP contribution in [-0.2, 0) is 0 Å². The monoisotopic (exact) mass is 296 g/mol. The van der Waals surface area contributed by atoms with Crippen molar-refractivity contribution in [1.82, 2.24) is 10.2 Å². The molecule has 0 amide bonds. The van der Waals surface area contributed by atoms with Crippen molar-refractivity contribution in [2.24, 2.45) is 5.92 Å². The van der Waals surface area contributed by atoms with E-state index in [1.54, 1.807) is 13.0 Å². The zero-order valence-corrected chi connectivity index (χ0v) is 13.6. The Kier molecular flexibility index (Phi) is 7.86. The van der Waals surface area contributed by atoms with E-state index in [2.05, 4.69) is 24.1 Å². The van der Waals surface area contributed by atoms with Crippen molar-refractivity contribution in [3.8, 4) is 0 Å². The second-order valence-electron chi connectivity index (χ2n) is 6.00. The highest BCUT2D eigenvalue weighted by Crippen LogP contribution is 2.25. The number of nitrogens with zero attached hydrogens (tertiary/aromatic N) is 1. The predicted octanol–water partition coefficient (Wildman–Crippen LogP) is 2.82. The Labute approximate surface area is 128 Å². The lowest BCUT2D eigenvalue weighted by Crippen LogP contribution is -2.37. The summed E-state index contributed by atoms with van der Waals surface area (Å²) in [6.45, 7) is 8.31. The Morgan fingerprint density at radius 2 is 1.90 bits per heavy atom. The number of rotatable bonds is 9. The molecule has 0 aliphatic rings. The Hall–Kier alpha value is -0.970. The van der Waals surface area contributed by atoms with E-state index in [1.165, 1.54) is 6.07 Å². The maximum Gasteiger partial charge on any atom is 0.127 e. The van der Waals surface area contributed by atoms with Crippen LogP contribution in [0.25, 0.3) is 0 Å². The normalized spacial score (nSPS) is 16.0. The molecular weight excluding hydrogens is 267 g/mol. The van der Waals surface area contributed by atoms with E-state index in [1.807, 2.05) is 19.2 Å². The molecule has 0 saturated carbocycles. The maximum absolute atomic E-state index is 14.1. The van der Waals surface area contributed by atoms with Crippen molar-refractivity contribution >= 4 is 0 Å². The van der Waals surface area contributed by atoms with Crippen molar-refractivity contribution in [3.63, 3.8) is 0 Å². The third-order valence-electron chi connectivity index (χ3n) is 3.60. The Morgan fingerprint density at radius 3 is 2.48 bits per heavy atom. The van der Waals surface area contributed by atoms with Gasteiger partial charge in [-0.15, -0.1) is 0 Å². The highest BCUT2D eigenvalue weighted by atomic mass is 19.1. The number of likely N-dealkylation sites (N-methyl/N-ethyl adjacent to an activating group) is 1. The molecule has 1 aromatic rings. The molecule has 1 rings (SSSR count). The van der Waals surface area contributed by atoms with Gasteiger partial charge in [-0.3, -0.25) is 0 Å². The molecule has 0 aliphatic heterocycles. The molecule has 0 heterocycles. The minimum Gasteiger partial charge on any atom is -0.392 e. The number of halogens is 1. The highest BCUT2D eigenvalue weighted by Gasteiger charge is 2.22. The largest absolute Gasteiger partial charge is 0.392 e. The van der Waals surface area contributed by atoms with Gasteiger partial charge in [-0.1, -0.05) is 32.0 Å². The van der Waals surface area contributed by atoms with Gasteiger partial charge < -0.3 is 15.3 Å². The molecule has 1 aromatic carbocycles. The first-order valence-electron chi connectivity index (χ1n) is 7.80. The fraction of sp³-hybridized carbons (Fsp3) is 0.647. The molecule has 2 N–H and O–H groups in total. The first-order valence-corrected chi connectivity index (χ1v) is 7.80. The molecule has 3 unspecified atom stereocenters. The summed E-state index contributed by atoms with van der Waals surface area (Å²) in [5.41, 5.74) is 0.726. The predicted molar refractivity (Wildman–Crippen MR) is 85.8 cm³/mol. The van der Waals surface area contributed by atoms with E-state index in [0.29, 0.717) is 6.54 Å². The minimum absolute atomic E-state index is 0.0115. The van der Waals surface area contributed by atoms with Gasteiger partial charge in [0.15, 0.2) is 0 Å². The quantitative estimate of drug-likeness (QED) is 0.735. The van der Waals surface area contributed by atoms with Crippen LogP contribution in [0.5, 0.6) is 0 Å². The number of benzene rings is 1. The van der Waals surface area contributed by atoms with E-state index < -0.39 is 0 Å². The van der Waals surface area contributed by atoms with E-state index in [-0.39, 0.29) is 23.9 Å². The van der Waals surface area contributed by atoms with Gasteiger partial charge in [0.2, 0.25) is 0 Å². The number of hydrogen-bond donors (Lipinski definition) is 2. The summed E-state index contributed by atoms with van der Waals surface area (Å²) in [7, 11) is 1.99. The van der Waals surface area contributed by atoms with Crippen molar-refractivity contribution < 1.29 is 9.50 Å². The molecule has 4 heteroatoms. The Balaban J connectivity index is 2.79. The zero-order chi connectivity index (χ0) is 15.8. The van der Waals surface area contributed by atoms with Gasteiger partial charge in [0, 0.05) is 24.7 Å². The molecule has 0 aliphatic carbocycles. The van der Waals surface area contributed by atoms with Gasteiger partial charge in [-0.25, -0.2) is 4.39 Å². The summed E-state index contributed by atoms with van der Waals surface area (Å²) in [6.07, 6.45) is 0.666. The molecule has 120 valence electrons. The van der Waals surface area contributed by atoms with Crippen LogP contribution in [0.2, 0.25) is 0 Å². The van der Waals surface area contributed by atoms with Crippen LogP contribution in [0.3, 0.4) is 0 Å². The van der Waals surface area contributed by atoms with E-state index in [0.717, 1.165) is 25.1 Å². The second-order valence-corrected chi connectivity index (χ2v) is 6.00. The first kappa shape index (κ1) is 18.1. The zero-order valence-electron chi connectivity index (χ0n) is 13.6. The maximum atomic E-state index is 14.1. The minimum atomic E-state index is -0.349. The van der Waals surface area contributed by atoms with Gasteiger partial charge in [0.25, 0.3) is 0 Å². The summed E-state index contributed by atoms with van der Waals surface area (Å²) in [6, 6.07) is 6.96. The first-order chi connectivity index (χ1) is 9.95. The third-order valence-corrected chi connectivity index (χ3v) is 3.60. The second kappa shape index (κ2) is 9.13. The molecule has 3 nitrogen and oxygen atoms in total. The van der Waals surface area contributed by atoms with Gasteiger partial charge in [0.1, 0.15) is 5.82 Å². The van der Waals surface area contributed by atoms with E-state index in [4.69, 9.17) is 0 Å². The molecule has 3 atom stereocenters. The van der Waals surface area contributed by atoms with Crippen LogP contribution >= 0.6 is 0 Å². The smallest absolute Gasteiger partial charge is 0.127 e. The standard InChI is InChI=1S/C17H29FN2O/c1-5-10-19-17(15-8-6-7-9-16(15)18)13(2)11-20(4)12-14(3)21/h6-9,13-14,17,19,21H,5,10-12H2,1-4H3. The molecular formula is C17H29FN2O. The average Bonchev–Trinajstić information content (AvgIpc) is 2.40. The number of aliphatic hydroxyl groups excluding tert-OH is 1. The summed E-state index contributed by atoms with van der Waals surface area (Å²) in [4.78, 5) is 2.09. The van der Waals surface area contributed by atoms with Crippen molar-refractivity contribution in [2.75, 3.05) is 26.7 Å². The summed E-state index contributed by atoms with van der Waals surface area (Å²) in [5.74, 6) is 0.0910.